The van der Waals surface area contributed by atoms with Gasteiger partial charge in [-0.2, -0.15) is 11.8 Å². The van der Waals surface area contributed by atoms with Gasteiger partial charge in [0.05, 0.1) is 9.82 Å². The van der Waals surface area contributed by atoms with Gasteiger partial charge < -0.3 is 4.90 Å². The molecular weight excluding hydrogens is 386 g/mol. The maximum atomic E-state index is 12.6. The summed E-state index contributed by atoms with van der Waals surface area (Å²) in [7, 11) is -3.92. The molecule has 0 saturated carbocycles. The molecule has 2 unspecified atom stereocenters. The molecule has 0 bridgehead atoms. The summed E-state index contributed by atoms with van der Waals surface area (Å²) >= 11 is 1.83. The highest BCUT2D eigenvalue weighted by molar-refractivity contribution is 8.00. The van der Waals surface area contributed by atoms with Crippen LogP contribution in [0.2, 0.25) is 0 Å². The van der Waals surface area contributed by atoms with Gasteiger partial charge in [0.25, 0.3) is 15.7 Å². The summed E-state index contributed by atoms with van der Waals surface area (Å²) in [5.74, 6) is 0.873. The molecule has 1 fully saturated rings. The molecule has 1 aliphatic heterocycles. The van der Waals surface area contributed by atoms with Crippen molar-refractivity contribution >= 4 is 38.8 Å². The van der Waals surface area contributed by atoms with Crippen molar-refractivity contribution in [2.45, 2.75) is 30.0 Å². The highest BCUT2D eigenvalue weighted by Gasteiger charge is 2.31. The van der Waals surface area contributed by atoms with Crippen molar-refractivity contribution in [3.05, 3.63) is 58.6 Å². The first-order valence-electron chi connectivity index (χ1n) is 8.54. The molecule has 3 rings (SSSR count). The smallest absolute Gasteiger partial charge is 0.293 e. The molecule has 144 valence electrons. The molecule has 2 atom stereocenters. The molecule has 1 aliphatic rings. The minimum atomic E-state index is -3.92. The molecule has 0 amide bonds. The first kappa shape index (κ1) is 19.5. The minimum Gasteiger partial charge on any atom is -0.361 e. The monoisotopic (exact) mass is 407 g/mol. The second-order valence-electron chi connectivity index (χ2n) is 6.39. The predicted octanol–water partition coefficient (Wildman–Crippen LogP) is 3.73. The number of nitro benzene ring substituents is 1. The molecule has 27 heavy (non-hydrogen) atoms. The van der Waals surface area contributed by atoms with Gasteiger partial charge in [0.15, 0.2) is 0 Å². The van der Waals surface area contributed by atoms with Crippen molar-refractivity contribution in [3.8, 4) is 0 Å². The van der Waals surface area contributed by atoms with Crippen molar-refractivity contribution in [3.63, 3.8) is 0 Å². The zero-order valence-electron chi connectivity index (χ0n) is 15.0. The Balaban J connectivity index is 1.97. The molecule has 1 saturated heterocycles. The van der Waals surface area contributed by atoms with Gasteiger partial charge in [-0.05, 0) is 31.2 Å². The third kappa shape index (κ3) is 4.19. The number of nitro groups is 1. The fourth-order valence-corrected chi connectivity index (χ4v) is 5.23. The van der Waals surface area contributed by atoms with Crippen LogP contribution in [0.1, 0.15) is 13.8 Å². The number of rotatable bonds is 5. The number of benzene rings is 2. The van der Waals surface area contributed by atoms with E-state index in [0.717, 1.165) is 11.8 Å². The summed E-state index contributed by atoms with van der Waals surface area (Å²) in [5, 5.41) is 12.0. The minimum absolute atomic E-state index is 0.118. The van der Waals surface area contributed by atoms with E-state index in [1.54, 1.807) is 30.3 Å². The zero-order valence-corrected chi connectivity index (χ0v) is 16.7. The van der Waals surface area contributed by atoms with Crippen LogP contribution in [0.3, 0.4) is 0 Å². The lowest BCUT2D eigenvalue weighted by atomic mass is 10.1. The normalized spacial score (nSPS) is 20.3. The van der Waals surface area contributed by atoms with Gasteiger partial charge in [0.2, 0.25) is 0 Å². The number of nitrogens with zero attached hydrogens (tertiary/aromatic N) is 2. The van der Waals surface area contributed by atoms with E-state index >= 15 is 0 Å². The summed E-state index contributed by atoms with van der Waals surface area (Å²) in [6.07, 6.45) is 0. The van der Waals surface area contributed by atoms with Gasteiger partial charge in [-0.3, -0.25) is 14.8 Å². The number of nitrogens with one attached hydrogen (secondary N) is 1. The Morgan fingerprint density at radius 1 is 1.19 bits per heavy atom. The topological polar surface area (TPSA) is 92.6 Å². The van der Waals surface area contributed by atoms with E-state index in [4.69, 9.17) is 0 Å². The number of sulfonamides is 1. The second-order valence-corrected chi connectivity index (χ2v) is 9.56. The van der Waals surface area contributed by atoms with Crippen molar-refractivity contribution in [2.24, 2.45) is 0 Å². The van der Waals surface area contributed by atoms with Crippen LogP contribution in [0.15, 0.2) is 53.4 Å². The first-order chi connectivity index (χ1) is 12.8. The van der Waals surface area contributed by atoms with Crippen LogP contribution < -0.4 is 9.62 Å². The number of hydrogen-bond donors (Lipinski definition) is 1. The maximum absolute atomic E-state index is 12.6. The zero-order chi connectivity index (χ0) is 19.6. The molecule has 2 aromatic rings. The molecule has 1 N–H and O–H groups in total. The predicted molar refractivity (Wildman–Crippen MR) is 109 cm³/mol. The fourth-order valence-electron chi connectivity index (χ4n) is 3.05. The molecule has 0 aliphatic carbocycles. The van der Waals surface area contributed by atoms with Gasteiger partial charge in [0.1, 0.15) is 5.69 Å². The average molecular weight is 408 g/mol. The lowest BCUT2D eigenvalue weighted by Gasteiger charge is -2.38. The molecule has 0 aromatic heterocycles. The Labute approximate surface area is 163 Å². The number of thioether (sulfide) groups is 1. The Morgan fingerprint density at radius 2 is 1.89 bits per heavy atom. The lowest BCUT2D eigenvalue weighted by Crippen LogP contribution is -2.45. The third-order valence-corrected chi connectivity index (χ3v) is 7.39. The van der Waals surface area contributed by atoms with Crippen molar-refractivity contribution in [2.75, 3.05) is 21.9 Å². The van der Waals surface area contributed by atoms with Gasteiger partial charge in [-0.15, -0.1) is 0 Å². The van der Waals surface area contributed by atoms with Gasteiger partial charge in [-0.25, -0.2) is 8.42 Å². The van der Waals surface area contributed by atoms with Crippen LogP contribution in [0.4, 0.5) is 17.1 Å². The number of anilines is 2. The highest BCUT2D eigenvalue weighted by Crippen LogP contribution is 2.36. The fraction of sp³-hybridized carbons (Fsp3) is 0.333. The van der Waals surface area contributed by atoms with Crippen LogP contribution in [-0.2, 0) is 10.0 Å². The summed E-state index contributed by atoms with van der Waals surface area (Å²) in [5.41, 5.74) is 0.662. The molecule has 7 nitrogen and oxygen atoms in total. The second kappa shape index (κ2) is 7.77. The summed E-state index contributed by atoms with van der Waals surface area (Å²) in [6, 6.07) is 12.6. The van der Waals surface area contributed by atoms with Crippen molar-refractivity contribution in [1.29, 1.82) is 0 Å². The Bertz CT molecular complexity index is 935. The average Bonchev–Trinajstić information content (AvgIpc) is 2.64. The van der Waals surface area contributed by atoms with E-state index in [1.165, 1.54) is 12.1 Å². The van der Waals surface area contributed by atoms with Crippen LogP contribution in [-0.4, -0.2) is 36.9 Å². The molecule has 2 aromatic carbocycles. The van der Waals surface area contributed by atoms with Gasteiger partial charge in [-0.1, -0.05) is 25.1 Å². The summed E-state index contributed by atoms with van der Waals surface area (Å²) < 4.78 is 27.7. The Morgan fingerprint density at radius 3 is 2.56 bits per heavy atom. The van der Waals surface area contributed by atoms with Crippen LogP contribution in [0.5, 0.6) is 0 Å². The quantitative estimate of drug-likeness (QED) is 0.600. The molecule has 1 heterocycles. The van der Waals surface area contributed by atoms with Gasteiger partial charge >= 0.3 is 0 Å². The van der Waals surface area contributed by atoms with Crippen molar-refractivity contribution < 1.29 is 13.3 Å². The standard InChI is InChI=1S/C18H21N3O4S2/c1-13-14(2)26-11-10-20(13)17-9-8-16(12-18(17)21(22)23)27(24,25)19-15-6-4-3-5-7-15/h3-9,12-14,19H,10-11H2,1-2H3. The Hall–Kier alpha value is -2.26. The summed E-state index contributed by atoms with van der Waals surface area (Å²) in [6.45, 7) is 4.81. The van der Waals surface area contributed by atoms with Crippen LogP contribution >= 0.6 is 11.8 Å². The van der Waals surface area contributed by atoms with E-state index in [-0.39, 0.29) is 16.6 Å². The maximum Gasteiger partial charge on any atom is 0.293 e. The van der Waals surface area contributed by atoms with Crippen molar-refractivity contribution in [1.82, 2.24) is 0 Å². The molecule has 9 heteroatoms. The molecule has 0 radical (unpaired) electrons. The van der Waals surface area contributed by atoms with E-state index in [2.05, 4.69) is 11.6 Å². The summed E-state index contributed by atoms with van der Waals surface area (Å²) in [4.78, 5) is 13.0. The lowest BCUT2D eigenvalue weighted by molar-refractivity contribution is -0.384. The highest BCUT2D eigenvalue weighted by atomic mass is 32.2. The largest absolute Gasteiger partial charge is 0.361 e. The first-order valence-corrected chi connectivity index (χ1v) is 11.1. The number of hydrogen-bond acceptors (Lipinski definition) is 6. The van der Waals surface area contributed by atoms with Gasteiger partial charge in [0, 0.05) is 35.3 Å². The molecular formula is C18H21N3O4S2. The Kier molecular flexibility index (Phi) is 5.61. The van der Waals surface area contributed by atoms with E-state index in [0.29, 0.717) is 23.2 Å². The SMILES string of the molecule is CC1SCCN(c2ccc(S(=O)(=O)Nc3ccccc3)cc2[N+](=O)[O-])C1C. The van der Waals surface area contributed by atoms with Crippen LogP contribution in [0, 0.1) is 10.1 Å². The molecule has 0 spiro atoms. The number of para-hydroxylation sites is 1. The van der Waals surface area contributed by atoms with E-state index in [9.17, 15) is 18.5 Å². The van der Waals surface area contributed by atoms with E-state index < -0.39 is 14.9 Å². The third-order valence-electron chi connectivity index (χ3n) is 4.67. The van der Waals surface area contributed by atoms with Crippen LogP contribution in [0.25, 0.3) is 0 Å². The van der Waals surface area contributed by atoms with E-state index in [1.807, 2.05) is 23.6 Å².